The van der Waals surface area contributed by atoms with E-state index < -0.39 is 0 Å². The van der Waals surface area contributed by atoms with Gasteiger partial charge >= 0.3 is 0 Å². The molecule has 4 heteroatoms. The van der Waals surface area contributed by atoms with Gasteiger partial charge < -0.3 is 15.1 Å². The van der Waals surface area contributed by atoms with Crippen LogP contribution in [0.5, 0.6) is 0 Å². The summed E-state index contributed by atoms with van der Waals surface area (Å²) in [4.78, 5) is 16.6. The van der Waals surface area contributed by atoms with E-state index in [2.05, 4.69) is 24.1 Å². The molecule has 0 aliphatic carbocycles. The number of nitrogens with zero attached hydrogens (tertiary/aromatic N) is 2. The summed E-state index contributed by atoms with van der Waals surface area (Å²) in [5.74, 6) is 0.984. The number of amides is 1. The maximum atomic E-state index is 12.1. The maximum Gasteiger partial charge on any atom is 0.236 e. The topological polar surface area (TPSA) is 35.6 Å². The van der Waals surface area contributed by atoms with E-state index in [9.17, 15) is 4.79 Å². The number of carbonyl (C=O) groups is 1. The minimum absolute atomic E-state index is 0.288. The van der Waals surface area contributed by atoms with Crippen molar-refractivity contribution >= 4 is 5.91 Å². The van der Waals surface area contributed by atoms with Gasteiger partial charge in [-0.05, 0) is 58.0 Å². The number of carbonyl (C=O) groups excluding carboxylic acids is 1. The Kier molecular flexibility index (Phi) is 6.30. The van der Waals surface area contributed by atoms with E-state index >= 15 is 0 Å². The Morgan fingerprint density at radius 1 is 1.25 bits per heavy atom. The first-order chi connectivity index (χ1) is 9.70. The molecule has 2 rings (SSSR count). The number of piperidine rings is 1. The Morgan fingerprint density at radius 3 is 2.70 bits per heavy atom. The Hall–Kier alpha value is -0.610. The molecule has 116 valence electrons. The fraction of sp³-hybridized carbons (Fsp3) is 0.938. The minimum Gasteiger partial charge on any atom is -0.342 e. The van der Waals surface area contributed by atoms with Gasteiger partial charge in [0, 0.05) is 25.7 Å². The highest BCUT2D eigenvalue weighted by Gasteiger charge is 2.25. The third kappa shape index (κ3) is 4.45. The van der Waals surface area contributed by atoms with Gasteiger partial charge in [-0.1, -0.05) is 6.92 Å². The van der Waals surface area contributed by atoms with Crippen LogP contribution in [0.3, 0.4) is 0 Å². The average molecular weight is 281 g/mol. The first-order valence-corrected chi connectivity index (χ1v) is 8.44. The quantitative estimate of drug-likeness (QED) is 0.805. The van der Waals surface area contributed by atoms with Crippen LogP contribution in [0, 0.1) is 5.92 Å². The first-order valence-electron chi connectivity index (χ1n) is 8.44. The lowest BCUT2D eigenvalue weighted by Gasteiger charge is -2.36. The van der Waals surface area contributed by atoms with E-state index in [0.29, 0.717) is 18.5 Å². The van der Waals surface area contributed by atoms with Crippen molar-refractivity contribution < 1.29 is 4.79 Å². The molecule has 2 aliphatic rings. The van der Waals surface area contributed by atoms with Crippen LogP contribution in [0.15, 0.2) is 0 Å². The molecule has 4 nitrogen and oxygen atoms in total. The summed E-state index contributed by atoms with van der Waals surface area (Å²) in [6.07, 6.45) is 6.19. The zero-order valence-electron chi connectivity index (χ0n) is 13.2. The van der Waals surface area contributed by atoms with Crippen molar-refractivity contribution in [1.82, 2.24) is 15.1 Å². The highest BCUT2D eigenvalue weighted by molar-refractivity contribution is 5.78. The lowest BCUT2D eigenvalue weighted by molar-refractivity contribution is -0.129. The van der Waals surface area contributed by atoms with E-state index in [-0.39, 0.29) is 5.91 Å². The molecule has 0 radical (unpaired) electrons. The van der Waals surface area contributed by atoms with Gasteiger partial charge in [-0.2, -0.15) is 0 Å². The Morgan fingerprint density at radius 2 is 2.00 bits per heavy atom. The van der Waals surface area contributed by atoms with Crippen LogP contribution in [0.2, 0.25) is 0 Å². The fourth-order valence-corrected chi connectivity index (χ4v) is 3.51. The number of hydrogen-bond acceptors (Lipinski definition) is 3. The minimum atomic E-state index is 0.288. The fourth-order valence-electron chi connectivity index (χ4n) is 3.51. The van der Waals surface area contributed by atoms with Gasteiger partial charge in [-0.3, -0.25) is 4.79 Å². The van der Waals surface area contributed by atoms with E-state index in [1.165, 1.54) is 51.7 Å². The molecule has 0 bridgehead atoms. The molecule has 1 amide bonds. The van der Waals surface area contributed by atoms with Gasteiger partial charge in [0.15, 0.2) is 0 Å². The lowest BCUT2D eigenvalue weighted by atomic mass is 9.91. The largest absolute Gasteiger partial charge is 0.342 e. The molecular weight excluding hydrogens is 250 g/mol. The zero-order chi connectivity index (χ0) is 14.4. The van der Waals surface area contributed by atoms with Crippen molar-refractivity contribution in [3.8, 4) is 0 Å². The Bertz CT molecular complexity index is 300. The normalized spacial score (nSPS) is 25.9. The Labute approximate surface area is 123 Å². The molecule has 20 heavy (non-hydrogen) atoms. The third-order valence-corrected chi connectivity index (χ3v) is 4.82. The first kappa shape index (κ1) is 15.8. The van der Waals surface area contributed by atoms with E-state index in [1.807, 2.05) is 4.90 Å². The van der Waals surface area contributed by atoms with Gasteiger partial charge in [0.1, 0.15) is 0 Å². The van der Waals surface area contributed by atoms with Crippen LogP contribution in [-0.2, 0) is 4.79 Å². The molecule has 0 aromatic heterocycles. The molecule has 2 fully saturated rings. The molecule has 0 spiro atoms. The summed E-state index contributed by atoms with van der Waals surface area (Å²) in [5, 5.41) is 3.47. The van der Waals surface area contributed by atoms with E-state index in [4.69, 9.17) is 0 Å². The van der Waals surface area contributed by atoms with Gasteiger partial charge in [-0.15, -0.1) is 0 Å². The van der Waals surface area contributed by atoms with E-state index in [1.54, 1.807) is 0 Å². The molecular formula is C16H31N3O. The molecule has 2 atom stereocenters. The molecule has 2 heterocycles. The number of likely N-dealkylation sites (tertiary alicyclic amines) is 2. The molecule has 1 N–H and O–H groups in total. The van der Waals surface area contributed by atoms with Gasteiger partial charge in [0.2, 0.25) is 5.91 Å². The monoisotopic (exact) mass is 281 g/mol. The van der Waals surface area contributed by atoms with Crippen LogP contribution in [-0.4, -0.2) is 61.0 Å². The van der Waals surface area contributed by atoms with Crippen molar-refractivity contribution in [3.05, 3.63) is 0 Å². The number of nitrogens with one attached hydrogen (secondary N) is 1. The smallest absolute Gasteiger partial charge is 0.236 e. The summed E-state index contributed by atoms with van der Waals surface area (Å²) in [5.41, 5.74) is 0. The standard InChI is InChI=1S/C16H31N3O/c1-3-8-18-9-6-7-15(13-18)14(2)17-12-16(20)19-10-4-5-11-19/h14-15,17H,3-13H2,1-2H3. The predicted molar refractivity (Wildman–Crippen MR) is 82.7 cm³/mol. The maximum absolute atomic E-state index is 12.1. The summed E-state index contributed by atoms with van der Waals surface area (Å²) in [6.45, 7) is 10.6. The molecule has 0 aromatic carbocycles. The highest BCUT2D eigenvalue weighted by atomic mass is 16.2. The lowest BCUT2D eigenvalue weighted by Crippen LogP contribution is -2.47. The van der Waals surface area contributed by atoms with Crippen LogP contribution in [0.25, 0.3) is 0 Å². The molecule has 2 saturated heterocycles. The van der Waals surface area contributed by atoms with Crippen LogP contribution < -0.4 is 5.32 Å². The summed E-state index contributed by atoms with van der Waals surface area (Å²) < 4.78 is 0. The predicted octanol–water partition coefficient (Wildman–Crippen LogP) is 1.71. The second-order valence-corrected chi connectivity index (χ2v) is 6.46. The zero-order valence-corrected chi connectivity index (χ0v) is 13.2. The van der Waals surface area contributed by atoms with Crippen molar-refractivity contribution in [1.29, 1.82) is 0 Å². The third-order valence-electron chi connectivity index (χ3n) is 4.82. The second kappa shape index (κ2) is 7.99. The molecule has 2 unspecified atom stereocenters. The summed E-state index contributed by atoms with van der Waals surface area (Å²) in [6, 6.07) is 0.446. The van der Waals surface area contributed by atoms with Gasteiger partial charge in [0.25, 0.3) is 0 Å². The SMILES string of the molecule is CCCN1CCCC(C(C)NCC(=O)N2CCCC2)C1. The molecule has 0 saturated carbocycles. The molecule has 2 aliphatic heterocycles. The van der Waals surface area contributed by atoms with Crippen molar-refractivity contribution in [3.63, 3.8) is 0 Å². The van der Waals surface area contributed by atoms with Gasteiger partial charge in [-0.25, -0.2) is 0 Å². The van der Waals surface area contributed by atoms with Crippen LogP contribution >= 0.6 is 0 Å². The highest BCUT2D eigenvalue weighted by Crippen LogP contribution is 2.20. The van der Waals surface area contributed by atoms with E-state index in [0.717, 1.165) is 13.1 Å². The summed E-state index contributed by atoms with van der Waals surface area (Å²) in [7, 11) is 0. The number of hydrogen-bond donors (Lipinski definition) is 1. The molecule has 0 aromatic rings. The van der Waals surface area contributed by atoms with Crippen LogP contribution in [0.1, 0.15) is 46.0 Å². The second-order valence-electron chi connectivity index (χ2n) is 6.46. The van der Waals surface area contributed by atoms with Crippen molar-refractivity contribution in [2.45, 2.75) is 52.0 Å². The summed E-state index contributed by atoms with van der Waals surface area (Å²) >= 11 is 0. The Balaban J connectivity index is 1.70. The van der Waals surface area contributed by atoms with Gasteiger partial charge in [0.05, 0.1) is 6.54 Å². The van der Waals surface area contributed by atoms with Crippen molar-refractivity contribution in [2.75, 3.05) is 39.3 Å². The average Bonchev–Trinajstić information content (AvgIpc) is 2.99. The van der Waals surface area contributed by atoms with Crippen molar-refractivity contribution in [2.24, 2.45) is 5.92 Å². The van der Waals surface area contributed by atoms with Crippen LogP contribution in [0.4, 0.5) is 0 Å². The number of rotatable bonds is 6.